The molecule has 6 nitrogen and oxygen atoms in total. The Morgan fingerprint density at radius 1 is 1.26 bits per heavy atom. The van der Waals surface area contributed by atoms with Gasteiger partial charge in [-0.05, 0) is 32.4 Å². The van der Waals surface area contributed by atoms with E-state index in [-0.39, 0.29) is 12.6 Å². The van der Waals surface area contributed by atoms with Gasteiger partial charge in [-0.3, -0.25) is 0 Å². The van der Waals surface area contributed by atoms with Gasteiger partial charge in [0.15, 0.2) is 5.65 Å². The summed E-state index contributed by atoms with van der Waals surface area (Å²) in [6.45, 7) is 6.16. The molecule has 1 aromatic carbocycles. The minimum absolute atomic E-state index is 0.108. The molecule has 0 amide bonds. The second-order valence-corrected chi connectivity index (χ2v) is 5.49. The first-order valence-electron chi connectivity index (χ1n) is 7.81. The number of carbonyl (C=O) groups excluding carboxylic acids is 1. The van der Waals surface area contributed by atoms with Gasteiger partial charge in [-0.1, -0.05) is 19.1 Å². The number of para-hydroxylation sites is 2. The Balaban J connectivity index is 2.39. The van der Waals surface area contributed by atoms with E-state index in [1.165, 1.54) is 0 Å². The van der Waals surface area contributed by atoms with Crippen LogP contribution in [-0.4, -0.2) is 27.1 Å². The highest BCUT2D eigenvalue weighted by Crippen LogP contribution is 2.32. The molecule has 0 bridgehead atoms. The first-order valence-corrected chi connectivity index (χ1v) is 7.81. The summed E-state index contributed by atoms with van der Waals surface area (Å²) in [5.74, 6) is -0.0928. The fourth-order valence-corrected chi connectivity index (χ4v) is 2.72. The van der Waals surface area contributed by atoms with Crippen molar-refractivity contribution in [3.8, 4) is 0 Å². The number of carbonyl (C=O) groups is 1. The van der Waals surface area contributed by atoms with Crippen molar-refractivity contribution in [1.29, 1.82) is 0 Å². The molecule has 120 valence electrons. The lowest BCUT2D eigenvalue weighted by Gasteiger charge is -2.14. The molecule has 2 N–H and O–H groups in total. The monoisotopic (exact) mass is 312 g/mol. The van der Waals surface area contributed by atoms with Crippen LogP contribution in [0.25, 0.3) is 22.2 Å². The summed E-state index contributed by atoms with van der Waals surface area (Å²) in [5, 5.41) is 0. The van der Waals surface area contributed by atoms with Crippen LogP contribution in [-0.2, 0) is 4.74 Å². The summed E-state index contributed by atoms with van der Waals surface area (Å²) in [6, 6.07) is 7.68. The topological polar surface area (TPSA) is 83.0 Å². The number of benzene rings is 1. The largest absolute Gasteiger partial charge is 0.462 e. The lowest BCUT2D eigenvalue weighted by molar-refractivity contribution is 0.0529. The Bertz CT molecular complexity index is 885. The number of fused-ring (bicyclic) bond motifs is 2. The van der Waals surface area contributed by atoms with Crippen molar-refractivity contribution in [2.75, 3.05) is 12.3 Å². The number of hydrogen-bond acceptors (Lipinski definition) is 5. The van der Waals surface area contributed by atoms with Gasteiger partial charge in [-0.2, -0.15) is 0 Å². The highest BCUT2D eigenvalue weighted by molar-refractivity contribution is 6.08. The number of nitrogen functional groups attached to an aromatic ring is 1. The van der Waals surface area contributed by atoms with Crippen molar-refractivity contribution in [1.82, 2.24) is 14.5 Å². The molecule has 0 saturated heterocycles. The molecule has 0 spiro atoms. The summed E-state index contributed by atoms with van der Waals surface area (Å²) in [7, 11) is 0. The van der Waals surface area contributed by atoms with E-state index in [0.717, 1.165) is 17.5 Å². The van der Waals surface area contributed by atoms with Gasteiger partial charge in [-0.15, -0.1) is 0 Å². The second-order valence-electron chi connectivity index (χ2n) is 5.49. The van der Waals surface area contributed by atoms with Crippen molar-refractivity contribution < 1.29 is 9.53 Å². The average molecular weight is 312 g/mol. The molecule has 0 aliphatic heterocycles. The van der Waals surface area contributed by atoms with Crippen LogP contribution in [0, 0.1) is 0 Å². The van der Waals surface area contributed by atoms with E-state index in [0.29, 0.717) is 22.5 Å². The number of anilines is 1. The molecule has 23 heavy (non-hydrogen) atoms. The number of nitrogens with two attached hydrogens (primary N) is 1. The SMILES string of the molecule is CCOC(=O)c1c(N)n([C@@H](C)CC)c2nc3ccccc3nc12. The summed E-state index contributed by atoms with van der Waals surface area (Å²) in [4.78, 5) is 21.7. The first-order chi connectivity index (χ1) is 11.1. The predicted molar refractivity (Wildman–Crippen MR) is 90.4 cm³/mol. The van der Waals surface area contributed by atoms with Gasteiger partial charge in [0.1, 0.15) is 16.9 Å². The molecule has 6 heteroatoms. The van der Waals surface area contributed by atoms with Crippen LogP contribution in [0.15, 0.2) is 24.3 Å². The Kier molecular flexibility index (Phi) is 3.90. The Morgan fingerprint density at radius 3 is 2.52 bits per heavy atom. The van der Waals surface area contributed by atoms with Crippen molar-refractivity contribution in [2.45, 2.75) is 33.2 Å². The zero-order chi connectivity index (χ0) is 16.6. The Labute approximate surface area is 134 Å². The minimum Gasteiger partial charge on any atom is -0.462 e. The molecule has 3 aromatic rings. The third-order valence-electron chi connectivity index (χ3n) is 4.04. The van der Waals surface area contributed by atoms with Crippen LogP contribution in [0.3, 0.4) is 0 Å². The van der Waals surface area contributed by atoms with E-state index in [1.807, 2.05) is 35.8 Å². The zero-order valence-corrected chi connectivity index (χ0v) is 13.5. The lowest BCUT2D eigenvalue weighted by atomic mass is 10.2. The quantitative estimate of drug-likeness (QED) is 0.747. The Morgan fingerprint density at radius 2 is 1.91 bits per heavy atom. The number of aromatic nitrogens is 3. The fraction of sp³-hybridized carbons (Fsp3) is 0.353. The van der Waals surface area contributed by atoms with Crippen LogP contribution in [0.1, 0.15) is 43.6 Å². The molecule has 0 fully saturated rings. The van der Waals surface area contributed by atoms with Crippen molar-refractivity contribution in [2.24, 2.45) is 0 Å². The number of nitrogens with zero attached hydrogens (tertiary/aromatic N) is 3. The number of rotatable bonds is 4. The molecular formula is C17H20N4O2. The van der Waals surface area contributed by atoms with E-state index in [4.69, 9.17) is 10.5 Å². The van der Waals surface area contributed by atoms with Crippen LogP contribution in [0.4, 0.5) is 5.82 Å². The highest BCUT2D eigenvalue weighted by atomic mass is 16.5. The van der Waals surface area contributed by atoms with Gasteiger partial charge in [0.2, 0.25) is 0 Å². The lowest BCUT2D eigenvalue weighted by Crippen LogP contribution is -2.11. The summed E-state index contributed by atoms with van der Waals surface area (Å²) in [5.41, 5.74) is 9.20. The molecule has 0 radical (unpaired) electrons. The van der Waals surface area contributed by atoms with Crippen LogP contribution >= 0.6 is 0 Å². The van der Waals surface area contributed by atoms with Gasteiger partial charge < -0.3 is 15.0 Å². The third kappa shape index (κ3) is 2.40. The Hall–Kier alpha value is -2.63. The van der Waals surface area contributed by atoms with E-state index < -0.39 is 5.97 Å². The number of hydrogen-bond donors (Lipinski definition) is 1. The van der Waals surface area contributed by atoms with Crippen molar-refractivity contribution >= 4 is 34.0 Å². The molecule has 0 aliphatic rings. The van der Waals surface area contributed by atoms with Gasteiger partial charge in [0, 0.05) is 6.04 Å². The molecular weight excluding hydrogens is 292 g/mol. The standard InChI is InChI=1S/C17H20N4O2/c1-4-10(3)21-15(18)13(17(22)23-5-2)14-16(21)20-12-9-7-6-8-11(12)19-14/h6-10H,4-5,18H2,1-3H3/t10-/m0/s1. The molecule has 0 aliphatic carbocycles. The zero-order valence-electron chi connectivity index (χ0n) is 13.5. The second kappa shape index (κ2) is 5.87. The maximum absolute atomic E-state index is 12.4. The average Bonchev–Trinajstić information content (AvgIpc) is 2.83. The van der Waals surface area contributed by atoms with E-state index in [2.05, 4.69) is 16.9 Å². The molecule has 0 saturated carbocycles. The number of ether oxygens (including phenoxy) is 1. The summed E-state index contributed by atoms with van der Waals surface area (Å²) < 4.78 is 7.03. The molecule has 2 aromatic heterocycles. The predicted octanol–water partition coefficient (Wildman–Crippen LogP) is 3.31. The van der Waals surface area contributed by atoms with Gasteiger partial charge >= 0.3 is 5.97 Å². The van der Waals surface area contributed by atoms with Crippen LogP contribution in [0.2, 0.25) is 0 Å². The summed E-state index contributed by atoms with van der Waals surface area (Å²) >= 11 is 0. The smallest absolute Gasteiger partial charge is 0.344 e. The fourth-order valence-electron chi connectivity index (χ4n) is 2.72. The third-order valence-corrected chi connectivity index (χ3v) is 4.04. The van der Waals surface area contributed by atoms with Gasteiger partial charge in [0.25, 0.3) is 0 Å². The maximum atomic E-state index is 12.4. The van der Waals surface area contributed by atoms with E-state index in [1.54, 1.807) is 6.92 Å². The highest BCUT2D eigenvalue weighted by Gasteiger charge is 2.26. The summed E-state index contributed by atoms with van der Waals surface area (Å²) in [6.07, 6.45) is 0.866. The van der Waals surface area contributed by atoms with Crippen LogP contribution < -0.4 is 5.73 Å². The van der Waals surface area contributed by atoms with E-state index in [9.17, 15) is 4.79 Å². The molecule has 3 rings (SSSR count). The minimum atomic E-state index is -0.457. The van der Waals surface area contributed by atoms with Crippen molar-refractivity contribution in [3.05, 3.63) is 29.8 Å². The van der Waals surface area contributed by atoms with Gasteiger partial charge in [0.05, 0.1) is 17.6 Å². The number of esters is 1. The van der Waals surface area contributed by atoms with Crippen molar-refractivity contribution in [3.63, 3.8) is 0 Å². The normalized spacial score (nSPS) is 12.7. The maximum Gasteiger partial charge on any atom is 0.344 e. The van der Waals surface area contributed by atoms with Crippen LogP contribution in [0.5, 0.6) is 0 Å². The molecule has 2 heterocycles. The van der Waals surface area contributed by atoms with Gasteiger partial charge in [-0.25, -0.2) is 14.8 Å². The first kappa shape index (κ1) is 15.3. The van der Waals surface area contributed by atoms with E-state index >= 15 is 0 Å². The molecule has 0 unspecified atom stereocenters. The molecule has 1 atom stereocenters.